The second-order valence-electron chi connectivity index (χ2n) is 7.16. The molecule has 0 heterocycles. The molecule has 0 spiro atoms. The van der Waals surface area contributed by atoms with Gasteiger partial charge in [0.05, 0.1) is 15.7 Å². The van der Waals surface area contributed by atoms with Crippen molar-refractivity contribution < 1.29 is 36.3 Å². The minimum absolute atomic E-state index is 0.111. The molecule has 1 unspecified atom stereocenters. The summed E-state index contributed by atoms with van der Waals surface area (Å²) in [5.74, 6) is -5.55. The Hall–Kier alpha value is -2.65. The largest absolute Gasteiger partial charge is 0.480 e. The molecule has 3 N–H and O–H groups in total. The third kappa shape index (κ3) is 6.52. The average Bonchev–Trinajstić information content (AvgIpc) is 2.75. The Balaban J connectivity index is 1.91. The third-order valence-electron chi connectivity index (χ3n) is 4.69. The Kier molecular flexibility index (Phi) is 8.43. The SMILES string of the molecule is O=C(NC(Cc1ccc(F)c(Br)c1)C(=O)O)c1ccc(I)cc1NS(=O)(=O)c1c(F)cccc1F. The van der Waals surface area contributed by atoms with E-state index in [-0.39, 0.29) is 22.1 Å². The lowest BCUT2D eigenvalue weighted by atomic mass is 10.0. The number of carboxylic acids is 1. The van der Waals surface area contributed by atoms with Gasteiger partial charge in [-0.05, 0) is 86.5 Å². The Morgan fingerprint density at radius 2 is 1.66 bits per heavy atom. The van der Waals surface area contributed by atoms with Crippen LogP contribution in [0.15, 0.2) is 64.0 Å². The summed E-state index contributed by atoms with van der Waals surface area (Å²) >= 11 is 4.84. The van der Waals surface area contributed by atoms with Crippen LogP contribution in [0.5, 0.6) is 0 Å². The second-order valence-corrected chi connectivity index (χ2v) is 10.9. The molecule has 0 radical (unpaired) electrons. The number of carbonyl (C=O) groups excluding carboxylic acids is 1. The van der Waals surface area contributed by atoms with Crippen LogP contribution in [-0.4, -0.2) is 31.4 Å². The van der Waals surface area contributed by atoms with Crippen LogP contribution < -0.4 is 10.0 Å². The first-order chi connectivity index (χ1) is 16.4. The number of hydrogen-bond acceptors (Lipinski definition) is 4. The van der Waals surface area contributed by atoms with Crippen LogP contribution in [0.3, 0.4) is 0 Å². The molecule has 3 aromatic rings. The molecule has 0 saturated heterocycles. The monoisotopic (exact) mass is 682 g/mol. The zero-order chi connectivity index (χ0) is 25.9. The van der Waals surface area contributed by atoms with Gasteiger partial charge < -0.3 is 10.4 Å². The van der Waals surface area contributed by atoms with Crippen LogP contribution in [-0.2, 0) is 21.2 Å². The molecule has 1 atom stereocenters. The van der Waals surface area contributed by atoms with Crippen LogP contribution in [0.2, 0.25) is 0 Å². The number of carbonyl (C=O) groups is 2. The highest BCUT2D eigenvalue weighted by atomic mass is 127. The standard InChI is InChI=1S/C22H15BrF3IN2O5S/c23-14-8-11(4-7-15(14)24)9-19(22(31)32)28-21(30)13-6-5-12(27)10-18(13)29-35(33,34)20-16(25)2-1-3-17(20)26/h1-8,10,19,29H,9H2,(H,28,30)(H,31,32). The maximum Gasteiger partial charge on any atom is 0.326 e. The Labute approximate surface area is 220 Å². The van der Waals surface area contributed by atoms with E-state index in [1.165, 1.54) is 30.3 Å². The molecule has 0 saturated carbocycles. The van der Waals surface area contributed by atoms with Crippen molar-refractivity contribution in [1.29, 1.82) is 0 Å². The van der Waals surface area contributed by atoms with Gasteiger partial charge in [0.15, 0.2) is 4.90 Å². The van der Waals surface area contributed by atoms with Crippen molar-refractivity contribution in [2.75, 3.05) is 4.72 Å². The Morgan fingerprint density at radius 1 is 1.00 bits per heavy atom. The van der Waals surface area contributed by atoms with Gasteiger partial charge >= 0.3 is 5.97 Å². The fourth-order valence-electron chi connectivity index (χ4n) is 3.07. The van der Waals surface area contributed by atoms with Gasteiger partial charge in [-0.1, -0.05) is 12.1 Å². The highest BCUT2D eigenvalue weighted by molar-refractivity contribution is 14.1. The number of aliphatic carboxylic acids is 1. The van der Waals surface area contributed by atoms with E-state index in [2.05, 4.69) is 21.2 Å². The lowest BCUT2D eigenvalue weighted by Gasteiger charge is -2.18. The van der Waals surface area contributed by atoms with Crippen LogP contribution in [0.4, 0.5) is 18.9 Å². The Bertz CT molecular complexity index is 1400. The summed E-state index contributed by atoms with van der Waals surface area (Å²) in [4.78, 5) is 23.5. The van der Waals surface area contributed by atoms with Crippen molar-refractivity contribution in [3.05, 3.63) is 91.2 Å². The van der Waals surface area contributed by atoms with Crippen molar-refractivity contribution in [3.8, 4) is 0 Å². The van der Waals surface area contributed by atoms with E-state index in [1.807, 2.05) is 27.3 Å². The summed E-state index contributed by atoms with van der Waals surface area (Å²) in [5.41, 5.74) is -0.187. The molecule has 0 aliphatic heterocycles. The second kappa shape index (κ2) is 11.0. The number of carboxylic acid groups (broad SMARTS) is 1. The molecule has 3 rings (SSSR count). The van der Waals surface area contributed by atoms with Gasteiger partial charge in [0.2, 0.25) is 0 Å². The molecular weight excluding hydrogens is 668 g/mol. The number of sulfonamides is 1. The highest BCUT2D eigenvalue weighted by Gasteiger charge is 2.27. The molecule has 0 aliphatic rings. The highest BCUT2D eigenvalue weighted by Crippen LogP contribution is 2.26. The number of benzene rings is 3. The maximum absolute atomic E-state index is 14.1. The predicted molar refractivity (Wildman–Crippen MR) is 133 cm³/mol. The molecule has 7 nitrogen and oxygen atoms in total. The fraction of sp³-hybridized carbons (Fsp3) is 0.0909. The number of nitrogens with one attached hydrogen (secondary N) is 2. The lowest BCUT2D eigenvalue weighted by Crippen LogP contribution is -2.42. The van der Waals surface area contributed by atoms with Gasteiger partial charge in [-0.15, -0.1) is 0 Å². The summed E-state index contributed by atoms with van der Waals surface area (Å²) in [7, 11) is -4.79. The molecule has 13 heteroatoms. The maximum atomic E-state index is 14.1. The van der Waals surface area contributed by atoms with Crippen LogP contribution in [0.1, 0.15) is 15.9 Å². The van der Waals surface area contributed by atoms with E-state index in [1.54, 1.807) is 0 Å². The average molecular weight is 683 g/mol. The normalized spacial score (nSPS) is 12.1. The number of halogens is 5. The minimum Gasteiger partial charge on any atom is -0.480 e. The number of anilines is 1. The topological polar surface area (TPSA) is 113 Å². The first kappa shape index (κ1) is 26.9. The smallest absolute Gasteiger partial charge is 0.326 e. The van der Waals surface area contributed by atoms with Crippen molar-refractivity contribution in [3.63, 3.8) is 0 Å². The summed E-state index contributed by atoms with van der Waals surface area (Å²) in [6.07, 6.45) is -0.203. The van der Waals surface area contributed by atoms with Crippen molar-refractivity contribution in [2.45, 2.75) is 17.4 Å². The zero-order valence-electron chi connectivity index (χ0n) is 17.4. The fourth-order valence-corrected chi connectivity index (χ4v) is 5.20. The minimum atomic E-state index is -4.79. The van der Waals surface area contributed by atoms with E-state index in [4.69, 9.17) is 0 Å². The molecule has 0 fully saturated rings. The molecule has 35 heavy (non-hydrogen) atoms. The van der Waals surface area contributed by atoms with Gasteiger partial charge in [0.1, 0.15) is 23.5 Å². The predicted octanol–water partition coefficient (Wildman–Crippen LogP) is 4.70. The first-order valence-electron chi connectivity index (χ1n) is 9.63. The van der Waals surface area contributed by atoms with Crippen molar-refractivity contribution in [2.24, 2.45) is 0 Å². The summed E-state index contributed by atoms with van der Waals surface area (Å²) in [5, 5.41) is 11.9. The summed E-state index contributed by atoms with van der Waals surface area (Å²) in [6.45, 7) is 0. The van der Waals surface area contributed by atoms with Crippen LogP contribution in [0, 0.1) is 21.0 Å². The molecule has 3 aromatic carbocycles. The summed E-state index contributed by atoms with van der Waals surface area (Å²) < 4.78 is 69.6. The molecule has 0 bridgehead atoms. The van der Waals surface area contributed by atoms with Gasteiger partial charge in [0, 0.05) is 9.99 Å². The molecule has 0 aliphatic carbocycles. The van der Waals surface area contributed by atoms with Crippen LogP contribution in [0.25, 0.3) is 0 Å². The van der Waals surface area contributed by atoms with E-state index in [0.29, 0.717) is 9.13 Å². The van der Waals surface area contributed by atoms with E-state index in [9.17, 15) is 36.3 Å². The van der Waals surface area contributed by atoms with Gasteiger partial charge in [0.25, 0.3) is 15.9 Å². The Morgan fingerprint density at radius 3 is 2.26 bits per heavy atom. The van der Waals surface area contributed by atoms with Gasteiger partial charge in [-0.3, -0.25) is 9.52 Å². The molecule has 184 valence electrons. The van der Waals surface area contributed by atoms with Crippen molar-refractivity contribution >= 4 is 66.1 Å². The molecule has 1 amide bonds. The molecular formula is C22H15BrF3IN2O5S. The number of hydrogen-bond donors (Lipinski definition) is 3. The van der Waals surface area contributed by atoms with E-state index in [0.717, 1.165) is 24.3 Å². The molecule has 0 aromatic heterocycles. The van der Waals surface area contributed by atoms with Crippen LogP contribution >= 0.6 is 38.5 Å². The lowest BCUT2D eigenvalue weighted by molar-refractivity contribution is -0.139. The van der Waals surface area contributed by atoms with E-state index >= 15 is 0 Å². The number of rotatable bonds is 8. The first-order valence-corrected chi connectivity index (χ1v) is 13.0. The zero-order valence-corrected chi connectivity index (χ0v) is 21.9. The summed E-state index contributed by atoms with van der Waals surface area (Å²) in [6, 6.07) is 8.89. The van der Waals surface area contributed by atoms with Crippen molar-refractivity contribution in [1.82, 2.24) is 5.32 Å². The van der Waals surface area contributed by atoms with Gasteiger partial charge in [-0.25, -0.2) is 26.4 Å². The van der Waals surface area contributed by atoms with E-state index < -0.39 is 50.3 Å². The number of amides is 1. The third-order valence-corrected chi connectivity index (χ3v) is 7.38. The quantitative estimate of drug-likeness (QED) is 0.299. The van der Waals surface area contributed by atoms with Gasteiger partial charge in [-0.2, -0.15) is 0 Å².